The molecule has 2 aromatic heterocycles. The number of anilines is 1. The normalized spacial score (nSPS) is 23.4. The van der Waals surface area contributed by atoms with E-state index in [1.165, 1.54) is 0 Å². The van der Waals surface area contributed by atoms with Crippen LogP contribution < -0.4 is 11.1 Å². The van der Waals surface area contributed by atoms with Crippen LogP contribution in [-0.2, 0) is 0 Å². The number of fused-ring (bicyclic) bond motifs is 1. The molecule has 2 heterocycles. The minimum absolute atomic E-state index is 0.374. The van der Waals surface area contributed by atoms with Gasteiger partial charge in [-0.05, 0) is 37.7 Å². The molecule has 0 radical (unpaired) electrons. The lowest BCUT2D eigenvalue weighted by atomic mass is 9.92. The minimum atomic E-state index is 0.374. The van der Waals surface area contributed by atoms with Crippen LogP contribution in [-0.4, -0.2) is 26.7 Å². The first kappa shape index (κ1) is 13.4. The van der Waals surface area contributed by atoms with Crippen LogP contribution >= 0.6 is 0 Å². The monoisotopic (exact) mass is 273 g/mol. The zero-order valence-corrected chi connectivity index (χ0v) is 12.2. The Balaban J connectivity index is 1.84. The predicted octanol–water partition coefficient (Wildman–Crippen LogP) is 2.53. The molecule has 0 atom stereocenters. The predicted molar refractivity (Wildman–Crippen MR) is 80.9 cm³/mol. The quantitative estimate of drug-likeness (QED) is 0.901. The standard InChI is InChI=1S/C15H23N5/c1-10(2)13-9-14-15(17-7-8-20(14)19-13)18-12-5-3-11(16)4-6-12/h7-12H,3-6,16H2,1-2H3,(H,17,18). The van der Waals surface area contributed by atoms with Gasteiger partial charge in [-0.1, -0.05) is 13.8 Å². The largest absolute Gasteiger partial charge is 0.366 e. The van der Waals surface area contributed by atoms with Gasteiger partial charge in [0.2, 0.25) is 0 Å². The molecule has 20 heavy (non-hydrogen) atoms. The summed E-state index contributed by atoms with van der Waals surface area (Å²) in [7, 11) is 0. The maximum Gasteiger partial charge on any atom is 0.152 e. The minimum Gasteiger partial charge on any atom is -0.366 e. The van der Waals surface area contributed by atoms with Crippen molar-refractivity contribution in [3.63, 3.8) is 0 Å². The zero-order chi connectivity index (χ0) is 14.1. The van der Waals surface area contributed by atoms with E-state index in [-0.39, 0.29) is 0 Å². The molecule has 0 aliphatic heterocycles. The Hall–Kier alpha value is -1.62. The van der Waals surface area contributed by atoms with Gasteiger partial charge < -0.3 is 11.1 Å². The second kappa shape index (κ2) is 5.40. The van der Waals surface area contributed by atoms with Gasteiger partial charge >= 0.3 is 0 Å². The lowest BCUT2D eigenvalue weighted by molar-refractivity contribution is 0.410. The lowest BCUT2D eigenvalue weighted by Gasteiger charge is -2.27. The summed E-state index contributed by atoms with van der Waals surface area (Å²) >= 11 is 0. The third-order valence-electron chi connectivity index (χ3n) is 4.11. The maximum atomic E-state index is 5.96. The van der Waals surface area contributed by atoms with E-state index in [4.69, 9.17) is 5.73 Å². The second-order valence-corrected chi connectivity index (χ2v) is 6.09. The number of nitrogens with two attached hydrogens (primary N) is 1. The number of nitrogens with one attached hydrogen (secondary N) is 1. The third kappa shape index (κ3) is 2.63. The van der Waals surface area contributed by atoms with E-state index < -0.39 is 0 Å². The Morgan fingerprint density at radius 2 is 2.05 bits per heavy atom. The third-order valence-corrected chi connectivity index (χ3v) is 4.11. The van der Waals surface area contributed by atoms with E-state index in [0.29, 0.717) is 18.0 Å². The highest BCUT2D eigenvalue weighted by Gasteiger charge is 2.19. The average molecular weight is 273 g/mol. The van der Waals surface area contributed by atoms with Crippen molar-refractivity contribution in [3.8, 4) is 0 Å². The summed E-state index contributed by atoms with van der Waals surface area (Å²) in [6.45, 7) is 4.32. The topological polar surface area (TPSA) is 68.2 Å². The van der Waals surface area contributed by atoms with Crippen LogP contribution in [0.15, 0.2) is 18.5 Å². The van der Waals surface area contributed by atoms with Crippen molar-refractivity contribution in [3.05, 3.63) is 24.2 Å². The van der Waals surface area contributed by atoms with Crippen molar-refractivity contribution >= 4 is 11.3 Å². The Bertz CT molecular complexity index is 581. The van der Waals surface area contributed by atoms with Crippen LogP contribution in [0.25, 0.3) is 5.52 Å². The molecule has 5 nitrogen and oxygen atoms in total. The molecular weight excluding hydrogens is 250 g/mol. The van der Waals surface area contributed by atoms with E-state index >= 15 is 0 Å². The van der Waals surface area contributed by atoms with E-state index in [2.05, 4.69) is 35.3 Å². The van der Waals surface area contributed by atoms with Crippen molar-refractivity contribution in [1.82, 2.24) is 14.6 Å². The first-order valence-electron chi connectivity index (χ1n) is 7.50. The van der Waals surface area contributed by atoms with Gasteiger partial charge in [0.05, 0.1) is 5.69 Å². The van der Waals surface area contributed by atoms with E-state index in [1.54, 1.807) is 6.20 Å². The second-order valence-electron chi connectivity index (χ2n) is 6.09. The fourth-order valence-corrected chi connectivity index (χ4v) is 2.79. The summed E-state index contributed by atoms with van der Waals surface area (Å²) in [5, 5.41) is 8.16. The smallest absolute Gasteiger partial charge is 0.152 e. The van der Waals surface area contributed by atoms with E-state index in [9.17, 15) is 0 Å². The maximum absolute atomic E-state index is 5.96. The molecule has 0 saturated heterocycles. The first-order valence-corrected chi connectivity index (χ1v) is 7.50. The molecule has 1 fully saturated rings. The van der Waals surface area contributed by atoms with Crippen LogP contribution in [0.1, 0.15) is 51.1 Å². The van der Waals surface area contributed by atoms with Crippen LogP contribution in [0, 0.1) is 0 Å². The van der Waals surface area contributed by atoms with Gasteiger partial charge in [-0.15, -0.1) is 0 Å². The van der Waals surface area contributed by atoms with Gasteiger partial charge in [0, 0.05) is 24.5 Å². The van der Waals surface area contributed by atoms with Crippen molar-refractivity contribution < 1.29 is 0 Å². The van der Waals surface area contributed by atoms with Gasteiger partial charge in [-0.25, -0.2) is 9.50 Å². The molecule has 5 heteroatoms. The Morgan fingerprint density at radius 1 is 1.30 bits per heavy atom. The highest BCUT2D eigenvalue weighted by atomic mass is 15.2. The van der Waals surface area contributed by atoms with Gasteiger partial charge in [-0.2, -0.15) is 5.10 Å². The summed E-state index contributed by atoms with van der Waals surface area (Å²) in [5.74, 6) is 1.36. The highest BCUT2D eigenvalue weighted by molar-refractivity contribution is 5.68. The number of aromatic nitrogens is 3. The van der Waals surface area contributed by atoms with Gasteiger partial charge in [-0.3, -0.25) is 0 Å². The van der Waals surface area contributed by atoms with Crippen molar-refractivity contribution in [1.29, 1.82) is 0 Å². The van der Waals surface area contributed by atoms with Crippen molar-refractivity contribution in [2.75, 3.05) is 5.32 Å². The summed E-state index contributed by atoms with van der Waals surface area (Å²) in [4.78, 5) is 4.49. The molecule has 0 unspecified atom stereocenters. The Labute approximate surface area is 119 Å². The van der Waals surface area contributed by atoms with Crippen LogP contribution in [0.4, 0.5) is 5.82 Å². The van der Waals surface area contributed by atoms with E-state index in [0.717, 1.165) is 42.7 Å². The first-order chi connectivity index (χ1) is 9.63. The van der Waals surface area contributed by atoms with Gasteiger partial charge in [0.1, 0.15) is 5.52 Å². The van der Waals surface area contributed by atoms with Gasteiger partial charge in [0.15, 0.2) is 5.82 Å². The summed E-state index contributed by atoms with van der Waals surface area (Å²) in [5.41, 5.74) is 8.12. The molecule has 3 N–H and O–H groups in total. The van der Waals surface area contributed by atoms with E-state index in [1.807, 2.05) is 10.7 Å². The summed E-state index contributed by atoms with van der Waals surface area (Å²) in [6, 6.07) is 2.99. The molecule has 0 spiro atoms. The molecule has 0 amide bonds. The fourth-order valence-electron chi connectivity index (χ4n) is 2.79. The zero-order valence-electron chi connectivity index (χ0n) is 12.2. The molecular formula is C15H23N5. The molecule has 2 aromatic rings. The van der Waals surface area contributed by atoms with Crippen LogP contribution in [0.2, 0.25) is 0 Å². The number of nitrogens with zero attached hydrogens (tertiary/aromatic N) is 3. The molecule has 108 valence electrons. The molecule has 0 aromatic carbocycles. The number of hydrogen-bond donors (Lipinski definition) is 2. The Kier molecular flexibility index (Phi) is 3.61. The van der Waals surface area contributed by atoms with Crippen LogP contribution in [0.3, 0.4) is 0 Å². The molecule has 1 aliphatic carbocycles. The summed E-state index contributed by atoms with van der Waals surface area (Å²) in [6.07, 6.45) is 8.14. The highest BCUT2D eigenvalue weighted by Crippen LogP contribution is 2.24. The molecule has 1 saturated carbocycles. The Morgan fingerprint density at radius 3 is 2.75 bits per heavy atom. The number of rotatable bonds is 3. The van der Waals surface area contributed by atoms with Crippen molar-refractivity contribution in [2.45, 2.75) is 57.5 Å². The molecule has 3 rings (SSSR count). The van der Waals surface area contributed by atoms with Gasteiger partial charge in [0.25, 0.3) is 0 Å². The lowest BCUT2D eigenvalue weighted by Crippen LogP contribution is -2.33. The molecule has 1 aliphatic rings. The fraction of sp³-hybridized carbons (Fsp3) is 0.600. The SMILES string of the molecule is CC(C)c1cc2c(NC3CCC(N)CC3)nccn2n1. The number of hydrogen-bond acceptors (Lipinski definition) is 4. The summed E-state index contributed by atoms with van der Waals surface area (Å²) < 4.78 is 1.92. The van der Waals surface area contributed by atoms with Crippen LogP contribution in [0.5, 0.6) is 0 Å². The average Bonchev–Trinajstić information content (AvgIpc) is 2.87. The van der Waals surface area contributed by atoms with Crippen molar-refractivity contribution in [2.24, 2.45) is 5.73 Å². The molecule has 0 bridgehead atoms.